The highest BCUT2D eigenvalue weighted by Crippen LogP contribution is 2.33. The van der Waals surface area contributed by atoms with Crippen LogP contribution in [0.3, 0.4) is 0 Å². The van der Waals surface area contributed by atoms with E-state index in [0.29, 0.717) is 23.2 Å². The van der Waals surface area contributed by atoms with Gasteiger partial charge in [0.2, 0.25) is 0 Å². The van der Waals surface area contributed by atoms with Crippen LogP contribution in [0.15, 0.2) is 29.6 Å². The van der Waals surface area contributed by atoms with Crippen LogP contribution in [0, 0.1) is 5.92 Å². The summed E-state index contributed by atoms with van der Waals surface area (Å²) >= 11 is 7.55. The van der Waals surface area contributed by atoms with Crippen LogP contribution in [0.1, 0.15) is 23.3 Å². The highest BCUT2D eigenvalue weighted by molar-refractivity contribution is 7.13. The summed E-state index contributed by atoms with van der Waals surface area (Å²) in [7, 11) is 1.70. The molecule has 0 aliphatic heterocycles. The fraction of sp³-hybridized carbons (Fsp3) is 0.375. The number of hydrogen-bond acceptors (Lipinski definition) is 4. The predicted octanol–water partition coefficient (Wildman–Crippen LogP) is 3.31. The third-order valence-electron chi connectivity index (χ3n) is 3.80. The minimum absolute atomic E-state index is 0.172. The van der Waals surface area contributed by atoms with Crippen LogP contribution >= 0.6 is 22.9 Å². The molecule has 1 aliphatic carbocycles. The van der Waals surface area contributed by atoms with Gasteiger partial charge in [-0.05, 0) is 24.8 Å². The molecular formula is C16H17ClN2O2S. The molecule has 6 heteroatoms. The molecular weight excluding hydrogens is 320 g/mol. The summed E-state index contributed by atoms with van der Waals surface area (Å²) in [6.45, 7) is 0.350. The number of nitrogens with zero attached hydrogens (tertiary/aromatic N) is 2. The maximum atomic E-state index is 12.4. The van der Waals surface area contributed by atoms with Gasteiger partial charge in [-0.25, -0.2) is 4.98 Å². The first-order valence-electron chi connectivity index (χ1n) is 7.20. The molecule has 116 valence electrons. The fourth-order valence-corrected chi connectivity index (χ4v) is 3.43. The van der Waals surface area contributed by atoms with Gasteiger partial charge in [0.05, 0.1) is 11.1 Å². The maximum Gasteiger partial charge on any atom is 0.273 e. The molecule has 4 nitrogen and oxygen atoms in total. The van der Waals surface area contributed by atoms with E-state index in [4.69, 9.17) is 11.6 Å². The molecule has 22 heavy (non-hydrogen) atoms. The van der Waals surface area contributed by atoms with Gasteiger partial charge >= 0.3 is 0 Å². The van der Waals surface area contributed by atoms with Gasteiger partial charge < -0.3 is 10.0 Å². The Morgan fingerprint density at radius 2 is 2.23 bits per heavy atom. The topological polar surface area (TPSA) is 53.4 Å². The second-order valence-electron chi connectivity index (χ2n) is 5.61. The molecule has 0 saturated heterocycles. The van der Waals surface area contributed by atoms with E-state index in [9.17, 15) is 9.90 Å². The second kappa shape index (κ2) is 6.36. The molecule has 1 unspecified atom stereocenters. The van der Waals surface area contributed by atoms with Crippen LogP contribution in [0.5, 0.6) is 0 Å². The summed E-state index contributed by atoms with van der Waals surface area (Å²) < 4.78 is 0. The molecule has 1 aromatic carbocycles. The Morgan fingerprint density at radius 1 is 1.50 bits per heavy atom. The molecule has 1 N–H and O–H groups in total. The summed E-state index contributed by atoms with van der Waals surface area (Å²) in [4.78, 5) is 18.3. The SMILES string of the molecule is CN(CC(O)C1CC1)C(=O)c1csc(-c2ccccc2Cl)n1. The number of benzene rings is 1. The number of rotatable bonds is 5. The normalized spacial score (nSPS) is 15.6. The Balaban J connectivity index is 1.72. The number of halogens is 1. The van der Waals surface area contributed by atoms with Gasteiger partial charge in [-0.1, -0.05) is 29.8 Å². The Morgan fingerprint density at radius 3 is 2.91 bits per heavy atom. The predicted molar refractivity (Wildman–Crippen MR) is 88.3 cm³/mol. The van der Waals surface area contributed by atoms with Gasteiger partial charge in [-0.15, -0.1) is 11.3 Å². The lowest BCUT2D eigenvalue weighted by atomic mass is 10.2. The second-order valence-corrected chi connectivity index (χ2v) is 6.87. The summed E-state index contributed by atoms with van der Waals surface area (Å²) in [6.07, 6.45) is 1.67. The monoisotopic (exact) mass is 336 g/mol. The van der Waals surface area contributed by atoms with Gasteiger partial charge in [-0.2, -0.15) is 0 Å². The summed E-state index contributed by atoms with van der Waals surface area (Å²) in [5.74, 6) is 0.179. The van der Waals surface area contributed by atoms with Gasteiger partial charge in [-0.3, -0.25) is 4.79 Å². The highest BCUT2D eigenvalue weighted by atomic mass is 35.5. The molecule has 1 atom stereocenters. The maximum absolute atomic E-state index is 12.4. The standard InChI is InChI=1S/C16H17ClN2O2S/c1-19(8-14(20)10-6-7-10)16(21)13-9-22-15(18-13)11-4-2-3-5-12(11)17/h2-5,9-10,14,20H,6-8H2,1H3. The third kappa shape index (κ3) is 3.32. The van der Waals surface area contributed by atoms with E-state index in [1.807, 2.05) is 18.2 Å². The van der Waals surface area contributed by atoms with E-state index in [0.717, 1.165) is 23.4 Å². The zero-order chi connectivity index (χ0) is 15.7. The number of aliphatic hydroxyl groups excluding tert-OH is 1. The molecule has 0 spiro atoms. The molecule has 1 fully saturated rings. The zero-order valence-electron chi connectivity index (χ0n) is 12.2. The lowest BCUT2D eigenvalue weighted by Crippen LogP contribution is -2.35. The largest absolute Gasteiger partial charge is 0.391 e. The van der Waals surface area contributed by atoms with Crippen molar-refractivity contribution in [2.45, 2.75) is 18.9 Å². The van der Waals surface area contributed by atoms with E-state index in [2.05, 4.69) is 4.98 Å². The van der Waals surface area contributed by atoms with Gasteiger partial charge in [0, 0.05) is 24.5 Å². The number of thiazole rings is 1. The molecule has 2 aromatic rings. The lowest BCUT2D eigenvalue weighted by Gasteiger charge is -2.19. The van der Waals surface area contributed by atoms with Crippen molar-refractivity contribution in [2.24, 2.45) is 5.92 Å². The van der Waals surface area contributed by atoms with Crippen LogP contribution in [-0.2, 0) is 0 Å². The summed E-state index contributed by atoms with van der Waals surface area (Å²) in [5, 5.41) is 13.0. The molecule has 3 rings (SSSR count). The molecule has 1 aromatic heterocycles. The summed E-state index contributed by atoms with van der Waals surface area (Å²) in [5.41, 5.74) is 1.22. The summed E-state index contributed by atoms with van der Waals surface area (Å²) in [6, 6.07) is 7.44. The molecule has 1 heterocycles. The quantitative estimate of drug-likeness (QED) is 0.911. The molecule has 0 radical (unpaired) electrons. The molecule has 1 amide bonds. The van der Waals surface area contributed by atoms with Crippen molar-refractivity contribution in [3.8, 4) is 10.6 Å². The van der Waals surface area contributed by atoms with Gasteiger partial charge in [0.25, 0.3) is 5.91 Å². The first-order chi connectivity index (χ1) is 10.6. The number of carbonyl (C=O) groups is 1. The lowest BCUT2D eigenvalue weighted by molar-refractivity contribution is 0.0641. The third-order valence-corrected chi connectivity index (χ3v) is 5.01. The van der Waals surface area contributed by atoms with Crippen molar-refractivity contribution in [1.82, 2.24) is 9.88 Å². The van der Waals surface area contributed by atoms with E-state index < -0.39 is 6.10 Å². The van der Waals surface area contributed by atoms with Crippen LogP contribution in [0.25, 0.3) is 10.6 Å². The number of hydrogen-bond donors (Lipinski definition) is 1. The van der Waals surface area contributed by atoms with E-state index >= 15 is 0 Å². The number of aromatic nitrogens is 1. The Hall–Kier alpha value is -1.43. The van der Waals surface area contributed by atoms with Crippen molar-refractivity contribution >= 4 is 28.8 Å². The highest BCUT2D eigenvalue weighted by Gasteiger charge is 2.31. The Kier molecular flexibility index (Phi) is 4.47. The van der Waals surface area contributed by atoms with E-state index in [1.165, 1.54) is 16.2 Å². The van der Waals surface area contributed by atoms with Gasteiger partial charge in [0.1, 0.15) is 10.7 Å². The van der Waals surface area contributed by atoms with Crippen LogP contribution < -0.4 is 0 Å². The van der Waals surface area contributed by atoms with Crippen molar-refractivity contribution in [1.29, 1.82) is 0 Å². The van der Waals surface area contributed by atoms with E-state index in [-0.39, 0.29) is 5.91 Å². The first-order valence-corrected chi connectivity index (χ1v) is 8.46. The number of amides is 1. The van der Waals surface area contributed by atoms with Gasteiger partial charge in [0.15, 0.2) is 0 Å². The van der Waals surface area contributed by atoms with Crippen molar-refractivity contribution in [3.05, 3.63) is 40.4 Å². The molecule has 0 bridgehead atoms. The molecule has 1 aliphatic rings. The average molecular weight is 337 g/mol. The minimum Gasteiger partial charge on any atom is -0.391 e. The Labute approximate surface area is 138 Å². The van der Waals surface area contributed by atoms with Crippen molar-refractivity contribution in [3.63, 3.8) is 0 Å². The molecule has 1 saturated carbocycles. The van der Waals surface area contributed by atoms with Crippen molar-refractivity contribution in [2.75, 3.05) is 13.6 Å². The minimum atomic E-state index is -0.435. The average Bonchev–Trinajstić information content (AvgIpc) is 3.25. The van der Waals surface area contributed by atoms with Crippen LogP contribution in [0.2, 0.25) is 5.02 Å². The smallest absolute Gasteiger partial charge is 0.273 e. The fourth-order valence-electron chi connectivity index (χ4n) is 2.32. The Bertz CT molecular complexity index is 684. The number of likely N-dealkylation sites (N-methyl/N-ethyl adjacent to an activating group) is 1. The number of aliphatic hydroxyl groups is 1. The van der Waals surface area contributed by atoms with Crippen LogP contribution in [-0.4, -0.2) is 40.6 Å². The van der Waals surface area contributed by atoms with Crippen molar-refractivity contribution < 1.29 is 9.90 Å². The van der Waals surface area contributed by atoms with E-state index in [1.54, 1.807) is 18.5 Å². The zero-order valence-corrected chi connectivity index (χ0v) is 13.8. The van der Waals surface area contributed by atoms with Crippen LogP contribution in [0.4, 0.5) is 0 Å². The first kappa shape index (κ1) is 15.5. The number of carbonyl (C=O) groups excluding carboxylic acids is 1.